The number of rotatable bonds is 4. The molecule has 3 rings (SSSR count). The van der Waals surface area contributed by atoms with Crippen molar-refractivity contribution in [1.82, 2.24) is 9.80 Å². The van der Waals surface area contributed by atoms with Crippen LogP contribution >= 0.6 is 0 Å². The summed E-state index contributed by atoms with van der Waals surface area (Å²) in [4.78, 5) is 19.5. The number of carbonyl (C=O) groups excluding carboxylic acids is 1. The number of hydrogen-bond donors (Lipinski definition) is 0. The Kier molecular flexibility index (Phi) is 6.29. The van der Waals surface area contributed by atoms with Gasteiger partial charge in [0.05, 0.1) is 0 Å². The molecule has 4 nitrogen and oxygen atoms in total. The minimum absolute atomic E-state index is 0.204. The van der Waals surface area contributed by atoms with Gasteiger partial charge in [0.25, 0.3) is 0 Å². The van der Waals surface area contributed by atoms with E-state index in [1.54, 1.807) is 0 Å². The first-order valence-corrected chi connectivity index (χ1v) is 9.66. The zero-order chi connectivity index (χ0) is 17.6. The minimum Gasteiger partial charge on any atom is -0.370 e. The van der Waals surface area contributed by atoms with Gasteiger partial charge in [-0.15, -0.1) is 0 Å². The quantitative estimate of drug-likeness (QED) is 0.838. The average Bonchev–Trinajstić information content (AvgIpc) is 2.89. The fourth-order valence-electron chi connectivity index (χ4n) is 3.96. The van der Waals surface area contributed by atoms with Crippen LogP contribution in [0.25, 0.3) is 0 Å². The van der Waals surface area contributed by atoms with Gasteiger partial charge in [-0.2, -0.15) is 0 Å². The van der Waals surface area contributed by atoms with Crippen molar-refractivity contribution in [2.75, 3.05) is 50.7 Å². The largest absolute Gasteiger partial charge is 0.370 e. The lowest BCUT2D eigenvalue weighted by Crippen LogP contribution is -2.38. The van der Waals surface area contributed by atoms with Crippen molar-refractivity contribution in [3.8, 4) is 0 Å². The van der Waals surface area contributed by atoms with Crippen molar-refractivity contribution in [2.45, 2.75) is 32.6 Å². The van der Waals surface area contributed by atoms with Crippen molar-refractivity contribution in [3.63, 3.8) is 0 Å². The summed E-state index contributed by atoms with van der Waals surface area (Å²) in [6, 6.07) is 6.67. The van der Waals surface area contributed by atoms with Gasteiger partial charge >= 0.3 is 0 Å². The Morgan fingerprint density at radius 1 is 1.04 bits per heavy atom. The molecule has 25 heavy (non-hydrogen) atoms. The summed E-state index contributed by atoms with van der Waals surface area (Å²) in [5, 5.41) is 0. The highest BCUT2D eigenvalue weighted by molar-refractivity contribution is 5.76. The monoisotopic (exact) mass is 347 g/mol. The van der Waals surface area contributed by atoms with Gasteiger partial charge in [0.15, 0.2) is 0 Å². The van der Waals surface area contributed by atoms with Gasteiger partial charge in [-0.1, -0.05) is 6.92 Å². The molecule has 0 radical (unpaired) electrons. The van der Waals surface area contributed by atoms with Crippen molar-refractivity contribution < 1.29 is 9.18 Å². The van der Waals surface area contributed by atoms with Crippen LogP contribution in [0.15, 0.2) is 24.3 Å². The molecule has 2 aliphatic heterocycles. The van der Waals surface area contributed by atoms with Crippen LogP contribution < -0.4 is 4.90 Å². The number of piperidine rings is 1. The molecule has 2 aliphatic rings. The number of benzene rings is 1. The number of anilines is 1. The summed E-state index contributed by atoms with van der Waals surface area (Å²) in [5.74, 6) is 0.659. The standard InChI is InChI=1S/C20H30FN3O/c1-2-22-12-8-17(9-13-22)16-20(25)24-11-3-10-23(14-15-24)19-6-4-18(21)5-7-19/h4-7,17H,2-3,8-16H2,1H3. The van der Waals surface area contributed by atoms with E-state index in [1.165, 1.54) is 12.1 Å². The molecule has 1 amide bonds. The molecule has 138 valence electrons. The molecule has 0 N–H and O–H groups in total. The second-order valence-electron chi connectivity index (χ2n) is 7.28. The molecule has 2 heterocycles. The number of carbonyl (C=O) groups is 1. The summed E-state index contributed by atoms with van der Waals surface area (Å²) in [6.45, 7) is 8.94. The van der Waals surface area contributed by atoms with Crippen LogP contribution in [-0.2, 0) is 4.79 Å². The van der Waals surface area contributed by atoms with E-state index >= 15 is 0 Å². The first-order valence-electron chi connectivity index (χ1n) is 9.66. The maximum atomic E-state index is 13.1. The molecular formula is C20H30FN3O. The molecule has 0 unspecified atom stereocenters. The number of halogens is 1. The lowest BCUT2D eigenvalue weighted by molar-refractivity contribution is -0.132. The van der Waals surface area contributed by atoms with E-state index in [2.05, 4.69) is 16.7 Å². The second-order valence-corrected chi connectivity index (χ2v) is 7.28. The van der Waals surface area contributed by atoms with Gasteiger partial charge in [0.2, 0.25) is 5.91 Å². The van der Waals surface area contributed by atoms with Crippen LogP contribution in [0.5, 0.6) is 0 Å². The van der Waals surface area contributed by atoms with Crippen molar-refractivity contribution in [3.05, 3.63) is 30.1 Å². The van der Waals surface area contributed by atoms with Crippen molar-refractivity contribution in [2.24, 2.45) is 5.92 Å². The molecule has 0 aliphatic carbocycles. The summed E-state index contributed by atoms with van der Waals surface area (Å²) in [6.07, 6.45) is 3.97. The molecule has 0 atom stereocenters. The van der Waals surface area contributed by atoms with Gasteiger partial charge in [-0.3, -0.25) is 4.79 Å². The number of nitrogens with zero attached hydrogens (tertiary/aromatic N) is 3. The van der Waals surface area contributed by atoms with E-state index < -0.39 is 0 Å². The number of likely N-dealkylation sites (tertiary alicyclic amines) is 1. The highest BCUT2D eigenvalue weighted by atomic mass is 19.1. The first-order chi connectivity index (χ1) is 12.2. The first kappa shape index (κ1) is 18.2. The van der Waals surface area contributed by atoms with Crippen LogP contribution in [0.2, 0.25) is 0 Å². The highest BCUT2D eigenvalue weighted by Crippen LogP contribution is 2.22. The van der Waals surface area contributed by atoms with Gasteiger partial charge in [0.1, 0.15) is 5.82 Å². The van der Waals surface area contributed by atoms with E-state index in [0.717, 1.165) is 70.8 Å². The third-order valence-electron chi connectivity index (χ3n) is 5.66. The molecule has 2 fully saturated rings. The number of amides is 1. The van der Waals surface area contributed by atoms with Crippen LogP contribution in [0, 0.1) is 11.7 Å². The summed E-state index contributed by atoms with van der Waals surface area (Å²) >= 11 is 0. The van der Waals surface area contributed by atoms with Crippen LogP contribution in [-0.4, -0.2) is 61.5 Å². The Morgan fingerprint density at radius 2 is 1.76 bits per heavy atom. The number of hydrogen-bond acceptors (Lipinski definition) is 3. The van der Waals surface area contributed by atoms with Gasteiger partial charge in [-0.05, 0) is 69.1 Å². The fraction of sp³-hybridized carbons (Fsp3) is 0.650. The van der Waals surface area contributed by atoms with Crippen LogP contribution in [0.4, 0.5) is 10.1 Å². The summed E-state index contributed by atoms with van der Waals surface area (Å²) in [5.41, 5.74) is 1.04. The fourth-order valence-corrected chi connectivity index (χ4v) is 3.96. The Bertz CT molecular complexity index is 555. The van der Waals surface area contributed by atoms with E-state index in [9.17, 15) is 9.18 Å². The lowest BCUT2D eigenvalue weighted by Gasteiger charge is -2.32. The second kappa shape index (κ2) is 8.65. The van der Waals surface area contributed by atoms with Crippen LogP contribution in [0.1, 0.15) is 32.6 Å². The predicted octanol–water partition coefficient (Wildman–Crippen LogP) is 2.99. The van der Waals surface area contributed by atoms with E-state index in [1.807, 2.05) is 17.0 Å². The molecule has 0 spiro atoms. The summed E-state index contributed by atoms with van der Waals surface area (Å²) < 4.78 is 13.1. The third-order valence-corrected chi connectivity index (χ3v) is 5.66. The predicted molar refractivity (Wildman–Crippen MR) is 99.3 cm³/mol. The Labute approximate surface area is 150 Å². The highest BCUT2D eigenvalue weighted by Gasteiger charge is 2.24. The maximum Gasteiger partial charge on any atom is 0.222 e. The Morgan fingerprint density at radius 3 is 2.44 bits per heavy atom. The van der Waals surface area contributed by atoms with Crippen LogP contribution in [0.3, 0.4) is 0 Å². The van der Waals surface area contributed by atoms with Gasteiger partial charge in [-0.25, -0.2) is 4.39 Å². The normalized spacial score (nSPS) is 20.6. The van der Waals surface area contributed by atoms with Crippen molar-refractivity contribution in [1.29, 1.82) is 0 Å². The van der Waals surface area contributed by atoms with E-state index in [0.29, 0.717) is 18.2 Å². The molecule has 5 heteroatoms. The molecular weight excluding hydrogens is 317 g/mol. The third kappa shape index (κ3) is 4.94. The molecule has 0 bridgehead atoms. The zero-order valence-electron chi connectivity index (χ0n) is 15.3. The van der Waals surface area contributed by atoms with Crippen molar-refractivity contribution >= 4 is 11.6 Å². The zero-order valence-corrected chi connectivity index (χ0v) is 15.3. The summed E-state index contributed by atoms with van der Waals surface area (Å²) in [7, 11) is 0. The molecule has 0 saturated carbocycles. The Hall–Kier alpha value is -1.62. The molecule has 1 aromatic carbocycles. The molecule has 0 aromatic heterocycles. The lowest BCUT2D eigenvalue weighted by atomic mass is 9.93. The van der Waals surface area contributed by atoms with Gasteiger partial charge in [0, 0.05) is 38.3 Å². The Balaban J connectivity index is 1.49. The van der Waals surface area contributed by atoms with Gasteiger partial charge < -0.3 is 14.7 Å². The smallest absolute Gasteiger partial charge is 0.222 e. The molecule has 1 aromatic rings. The average molecular weight is 347 g/mol. The SMILES string of the molecule is CCN1CCC(CC(=O)N2CCCN(c3ccc(F)cc3)CC2)CC1. The maximum absolute atomic E-state index is 13.1. The molecule has 2 saturated heterocycles. The minimum atomic E-state index is -0.204. The van der Waals surface area contributed by atoms with E-state index in [4.69, 9.17) is 0 Å². The topological polar surface area (TPSA) is 26.8 Å². The van der Waals surface area contributed by atoms with E-state index in [-0.39, 0.29) is 5.82 Å².